The van der Waals surface area contributed by atoms with Crippen LogP contribution >= 0.6 is 0 Å². The van der Waals surface area contributed by atoms with Gasteiger partial charge in [0.05, 0.1) is 17.5 Å². The molecule has 0 spiro atoms. The van der Waals surface area contributed by atoms with E-state index in [4.69, 9.17) is 4.74 Å². The number of rotatable bonds is 0. The summed E-state index contributed by atoms with van der Waals surface area (Å²) in [6.45, 7) is 0.217. The Kier molecular flexibility index (Phi) is 1.06. The Morgan fingerprint density at radius 3 is 3.18 bits per heavy atom. The van der Waals surface area contributed by atoms with Gasteiger partial charge in [0.25, 0.3) is 5.91 Å². The smallest absolute Gasteiger partial charge is 0.348 e. The monoisotopic (exact) mass is 152 g/mol. The Morgan fingerprint density at radius 2 is 2.36 bits per heavy atom. The van der Waals surface area contributed by atoms with Crippen LogP contribution in [0.1, 0.15) is 0 Å². The first-order valence-electron chi connectivity index (χ1n) is 3.02. The molecule has 2 rings (SSSR count). The number of nitrogens with one attached hydrogen (secondary N) is 1. The Bertz CT molecular complexity index is 303. The molecule has 2 aliphatic rings. The van der Waals surface area contributed by atoms with Crippen molar-refractivity contribution < 1.29 is 14.3 Å². The number of nitrogens with zero attached hydrogens (tertiary/aromatic N) is 1. The lowest BCUT2D eigenvalue weighted by Gasteiger charge is -2.06. The minimum absolute atomic E-state index is 0.217. The number of ether oxygens (including phenoxy) is 1. The number of carbonyl (C=O) groups is 2. The Hall–Kier alpha value is -1.65. The van der Waals surface area contributed by atoms with Crippen LogP contribution in [0.5, 0.6) is 0 Å². The van der Waals surface area contributed by atoms with Crippen molar-refractivity contribution in [3.05, 3.63) is 11.8 Å². The molecule has 2 heterocycles. The minimum Gasteiger partial charge on any atom is -0.494 e. The van der Waals surface area contributed by atoms with Crippen molar-refractivity contribution in [1.29, 1.82) is 0 Å². The molecular weight excluding hydrogens is 148 g/mol. The molecule has 0 aromatic rings. The van der Waals surface area contributed by atoms with Crippen LogP contribution in [0.3, 0.4) is 0 Å². The maximum absolute atomic E-state index is 10.9. The zero-order chi connectivity index (χ0) is 7.84. The summed E-state index contributed by atoms with van der Waals surface area (Å²) < 4.78 is 4.80. The molecule has 0 aromatic heterocycles. The molecule has 0 fully saturated rings. The van der Waals surface area contributed by atoms with Gasteiger partial charge >= 0.3 is 6.03 Å². The number of hydrogen-bond donors (Lipinski definition) is 1. The highest BCUT2D eigenvalue weighted by Crippen LogP contribution is 2.11. The fraction of sp³-hybridized carbons (Fsp3) is 0.167. The largest absolute Gasteiger partial charge is 0.494 e. The van der Waals surface area contributed by atoms with Crippen LogP contribution < -0.4 is 5.32 Å². The number of amides is 3. The first kappa shape index (κ1) is 6.09. The molecule has 0 unspecified atom stereocenters. The summed E-state index contributed by atoms with van der Waals surface area (Å²) in [6.07, 6.45) is 1.31. The van der Waals surface area contributed by atoms with Crippen LogP contribution in [0.2, 0.25) is 0 Å². The zero-order valence-electron chi connectivity index (χ0n) is 5.46. The SMILES string of the molecule is O=C1N=C2COC=C2C(=O)N1. The first-order chi connectivity index (χ1) is 5.27. The van der Waals surface area contributed by atoms with E-state index in [1.165, 1.54) is 6.26 Å². The predicted octanol–water partition coefficient (Wildman–Crippen LogP) is -0.409. The van der Waals surface area contributed by atoms with Gasteiger partial charge < -0.3 is 4.74 Å². The topological polar surface area (TPSA) is 67.8 Å². The van der Waals surface area contributed by atoms with Crippen molar-refractivity contribution in [2.75, 3.05) is 6.61 Å². The van der Waals surface area contributed by atoms with E-state index in [0.717, 1.165) is 0 Å². The first-order valence-corrected chi connectivity index (χ1v) is 3.02. The molecule has 0 aromatic carbocycles. The summed E-state index contributed by atoms with van der Waals surface area (Å²) in [5.74, 6) is -0.433. The van der Waals surface area contributed by atoms with Crippen LogP contribution in [-0.4, -0.2) is 24.3 Å². The average Bonchev–Trinajstić information content (AvgIpc) is 2.34. The third-order valence-electron chi connectivity index (χ3n) is 1.43. The molecule has 0 atom stereocenters. The lowest BCUT2D eigenvalue weighted by Crippen LogP contribution is -2.36. The Morgan fingerprint density at radius 1 is 1.55 bits per heavy atom. The summed E-state index contributed by atoms with van der Waals surface area (Å²) in [5.41, 5.74) is 0.767. The molecule has 0 saturated carbocycles. The van der Waals surface area contributed by atoms with Gasteiger partial charge in [0.1, 0.15) is 6.61 Å². The lowest BCUT2D eigenvalue weighted by molar-refractivity contribution is -0.116. The van der Waals surface area contributed by atoms with Crippen molar-refractivity contribution in [1.82, 2.24) is 5.32 Å². The van der Waals surface area contributed by atoms with E-state index in [-0.39, 0.29) is 6.61 Å². The predicted molar refractivity (Wildman–Crippen MR) is 35.0 cm³/mol. The van der Waals surface area contributed by atoms with E-state index < -0.39 is 11.9 Å². The molecule has 0 bridgehead atoms. The van der Waals surface area contributed by atoms with Crippen LogP contribution in [0, 0.1) is 0 Å². The number of hydrogen-bond acceptors (Lipinski definition) is 3. The van der Waals surface area contributed by atoms with Crippen LogP contribution in [0.4, 0.5) is 4.79 Å². The second kappa shape index (κ2) is 1.91. The number of fused-ring (bicyclic) bond motifs is 1. The highest BCUT2D eigenvalue weighted by Gasteiger charge is 2.28. The highest BCUT2D eigenvalue weighted by molar-refractivity contribution is 6.30. The van der Waals surface area contributed by atoms with Crippen molar-refractivity contribution in [2.45, 2.75) is 0 Å². The zero-order valence-corrected chi connectivity index (χ0v) is 5.46. The van der Waals surface area contributed by atoms with Gasteiger partial charge in [-0.25, -0.2) is 4.79 Å². The minimum atomic E-state index is -0.618. The van der Waals surface area contributed by atoms with Crippen molar-refractivity contribution in [3.8, 4) is 0 Å². The molecule has 0 aliphatic carbocycles. The number of imide groups is 1. The normalized spacial score (nSPS) is 21.5. The van der Waals surface area contributed by atoms with E-state index in [0.29, 0.717) is 11.3 Å². The average molecular weight is 152 g/mol. The molecule has 0 radical (unpaired) electrons. The van der Waals surface area contributed by atoms with Gasteiger partial charge in [0, 0.05) is 0 Å². The number of aliphatic imine (C=N–C) groups is 1. The molecule has 2 aliphatic heterocycles. The van der Waals surface area contributed by atoms with E-state index in [1.807, 2.05) is 5.32 Å². The van der Waals surface area contributed by atoms with Crippen LogP contribution in [0.15, 0.2) is 16.8 Å². The fourth-order valence-corrected chi connectivity index (χ4v) is 0.942. The third kappa shape index (κ3) is 0.813. The maximum atomic E-state index is 10.9. The van der Waals surface area contributed by atoms with Gasteiger partial charge in [-0.2, -0.15) is 4.99 Å². The van der Waals surface area contributed by atoms with Gasteiger partial charge in [-0.1, -0.05) is 0 Å². The summed E-state index contributed by atoms with van der Waals surface area (Å²) >= 11 is 0. The molecule has 5 nitrogen and oxygen atoms in total. The molecule has 0 saturated heterocycles. The van der Waals surface area contributed by atoms with Gasteiger partial charge in [0.2, 0.25) is 0 Å². The molecule has 3 amide bonds. The van der Waals surface area contributed by atoms with E-state index in [2.05, 4.69) is 4.99 Å². The summed E-state index contributed by atoms with van der Waals surface area (Å²) in [5, 5.41) is 2.04. The van der Waals surface area contributed by atoms with Crippen molar-refractivity contribution in [3.63, 3.8) is 0 Å². The van der Waals surface area contributed by atoms with Crippen molar-refractivity contribution >= 4 is 17.6 Å². The number of carbonyl (C=O) groups excluding carboxylic acids is 2. The molecule has 1 N–H and O–H groups in total. The van der Waals surface area contributed by atoms with E-state index in [9.17, 15) is 9.59 Å². The molecule has 5 heteroatoms. The Labute approximate surface area is 61.7 Å². The standard InChI is InChI=1S/C6H4N2O3/c9-5-3-1-11-2-4(3)7-6(10)8-5/h1H,2H2,(H,8,9,10). The van der Waals surface area contributed by atoms with E-state index >= 15 is 0 Å². The summed E-state index contributed by atoms with van der Waals surface area (Å²) in [4.78, 5) is 25.1. The molecule has 11 heavy (non-hydrogen) atoms. The van der Waals surface area contributed by atoms with Gasteiger partial charge in [-0.05, 0) is 0 Å². The van der Waals surface area contributed by atoms with Crippen molar-refractivity contribution in [2.24, 2.45) is 4.99 Å². The molecule has 56 valence electrons. The lowest BCUT2D eigenvalue weighted by atomic mass is 10.2. The van der Waals surface area contributed by atoms with Gasteiger partial charge in [0.15, 0.2) is 0 Å². The highest BCUT2D eigenvalue weighted by atomic mass is 16.5. The quantitative estimate of drug-likeness (QED) is 0.513. The summed E-state index contributed by atoms with van der Waals surface area (Å²) in [6, 6.07) is -0.618. The maximum Gasteiger partial charge on any atom is 0.348 e. The third-order valence-corrected chi connectivity index (χ3v) is 1.43. The second-order valence-electron chi connectivity index (χ2n) is 2.16. The van der Waals surface area contributed by atoms with Crippen LogP contribution in [0.25, 0.3) is 0 Å². The summed E-state index contributed by atoms with van der Waals surface area (Å²) in [7, 11) is 0. The fourth-order valence-electron chi connectivity index (χ4n) is 0.942. The Balaban J connectivity index is 2.47. The number of urea groups is 1. The van der Waals surface area contributed by atoms with E-state index in [1.54, 1.807) is 0 Å². The van der Waals surface area contributed by atoms with Crippen LogP contribution in [-0.2, 0) is 9.53 Å². The molecular formula is C6H4N2O3. The van der Waals surface area contributed by atoms with Gasteiger partial charge in [-0.15, -0.1) is 0 Å². The van der Waals surface area contributed by atoms with Gasteiger partial charge in [-0.3, -0.25) is 10.1 Å². The second-order valence-corrected chi connectivity index (χ2v) is 2.16.